The zero-order chi connectivity index (χ0) is 14.6. The van der Waals surface area contributed by atoms with E-state index < -0.39 is 0 Å². The maximum atomic E-state index is 3.86. The van der Waals surface area contributed by atoms with Gasteiger partial charge in [-0.2, -0.15) is 0 Å². The molecule has 1 unspecified atom stereocenters. The summed E-state index contributed by atoms with van der Waals surface area (Å²) in [5, 5.41) is 3.86. The van der Waals surface area contributed by atoms with Crippen LogP contribution in [0.2, 0.25) is 0 Å². The Morgan fingerprint density at radius 2 is 1.65 bits per heavy atom. The van der Waals surface area contributed by atoms with Crippen LogP contribution >= 0.6 is 0 Å². The molecule has 1 atom stereocenters. The van der Waals surface area contributed by atoms with Crippen LogP contribution in [0.25, 0.3) is 0 Å². The molecular weight excluding hydrogens is 244 g/mol. The van der Waals surface area contributed by atoms with Crippen molar-refractivity contribution in [3.8, 4) is 0 Å². The Bertz CT molecular complexity index is 273. The molecule has 0 aromatic heterocycles. The Balaban J connectivity index is 2.05. The van der Waals surface area contributed by atoms with Crippen molar-refractivity contribution < 1.29 is 0 Å². The van der Waals surface area contributed by atoms with Gasteiger partial charge in [-0.1, -0.05) is 33.1 Å². The smallest absolute Gasteiger partial charge is 0.0308 e. The number of likely N-dealkylation sites (tertiary alicyclic amines) is 1. The molecule has 1 N–H and O–H groups in total. The predicted molar refractivity (Wildman–Crippen MR) is 88.1 cm³/mol. The molecule has 0 radical (unpaired) electrons. The van der Waals surface area contributed by atoms with E-state index in [1.54, 1.807) is 0 Å². The first-order valence-corrected chi connectivity index (χ1v) is 9.04. The van der Waals surface area contributed by atoms with Crippen molar-refractivity contribution in [3.05, 3.63) is 0 Å². The maximum absolute atomic E-state index is 3.86. The molecule has 2 heteroatoms. The summed E-state index contributed by atoms with van der Waals surface area (Å²) >= 11 is 0. The van der Waals surface area contributed by atoms with E-state index in [-0.39, 0.29) is 0 Å². The van der Waals surface area contributed by atoms with Gasteiger partial charge in [0.15, 0.2) is 0 Å². The summed E-state index contributed by atoms with van der Waals surface area (Å²) in [4.78, 5) is 2.77. The fraction of sp³-hybridized carbons (Fsp3) is 1.00. The van der Waals surface area contributed by atoms with E-state index in [2.05, 4.69) is 37.9 Å². The number of hydrogen-bond donors (Lipinski definition) is 1. The van der Waals surface area contributed by atoms with Gasteiger partial charge in [0.2, 0.25) is 0 Å². The predicted octanol–water partition coefficient (Wildman–Crippen LogP) is 4.06. The molecule has 2 rings (SSSR count). The van der Waals surface area contributed by atoms with Gasteiger partial charge in [0.05, 0.1) is 0 Å². The summed E-state index contributed by atoms with van der Waals surface area (Å²) in [6, 6.07) is 0.665. The number of rotatable bonds is 5. The van der Waals surface area contributed by atoms with E-state index in [1.807, 2.05) is 0 Å². The lowest BCUT2D eigenvalue weighted by atomic mass is 9.73. The van der Waals surface area contributed by atoms with Crippen molar-refractivity contribution >= 4 is 0 Å². The standard InChI is InChI=1S/C18H36N2/c1-5-19-17(16-11-9-15(2)10-12-16)18(3,4)20-13-7-6-8-14-20/h15-17,19H,5-14H2,1-4H3. The summed E-state index contributed by atoms with van der Waals surface area (Å²) in [6.07, 6.45) is 9.94. The molecule has 0 spiro atoms. The topological polar surface area (TPSA) is 15.3 Å². The van der Waals surface area contributed by atoms with Crippen LogP contribution in [0.1, 0.15) is 72.6 Å². The summed E-state index contributed by atoms with van der Waals surface area (Å²) in [7, 11) is 0. The minimum absolute atomic E-state index is 0.307. The lowest BCUT2D eigenvalue weighted by Crippen LogP contribution is -2.61. The van der Waals surface area contributed by atoms with Crippen LogP contribution in [0.15, 0.2) is 0 Å². The fourth-order valence-electron chi connectivity index (χ4n) is 4.50. The van der Waals surface area contributed by atoms with Crippen molar-refractivity contribution in [3.63, 3.8) is 0 Å². The Morgan fingerprint density at radius 3 is 2.20 bits per heavy atom. The molecule has 0 bridgehead atoms. The minimum atomic E-state index is 0.307. The highest BCUT2D eigenvalue weighted by molar-refractivity contribution is 4.98. The van der Waals surface area contributed by atoms with Crippen molar-refractivity contribution in [1.82, 2.24) is 10.2 Å². The normalized spacial score (nSPS) is 31.2. The molecule has 20 heavy (non-hydrogen) atoms. The van der Waals surface area contributed by atoms with Gasteiger partial charge in [0.1, 0.15) is 0 Å². The Labute approximate surface area is 126 Å². The van der Waals surface area contributed by atoms with Gasteiger partial charge < -0.3 is 5.32 Å². The summed E-state index contributed by atoms with van der Waals surface area (Å²) in [6.45, 7) is 13.4. The van der Waals surface area contributed by atoms with E-state index in [0.717, 1.165) is 18.4 Å². The molecule has 1 saturated heterocycles. The van der Waals surface area contributed by atoms with E-state index in [1.165, 1.54) is 58.0 Å². The van der Waals surface area contributed by atoms with Crippen molar-refractivity contribution in [1.29, 1.82) is 0 Å². The molecule has 0 amide bonds. The van der Waals surface area contributed by atoms with Crippen molar-refractivity contribution in [2.45, 2.75) is 84.2 Å². The first-order valence-electron chi connectivity index (χ1n) is 9.04. The molecule has 2 aliphatic rings. The quantitative estimate of drug-likeness (QED) is 0.817. The summed E-state index contributed by atoms with van der Waals surface area (Å²) in [5.74, 6) is 1.83. The largest absolute Gasteiger partial charge is 0.312 e. The number of likely N-dealkylation sites (N-methyl/N-ethyl adjacent to an activating group) is 1. The molecular formula is C18H36N2. The van der Waals surface area contributed by atoms with Gasteiger partial charge in [-0.05, 0) is 71.0 Å². The van der Waals surface area contributed by atoms with Crippen molar-refractivity contribution in [2.75, 3.05) is 19.6 Å². The molecule has 1 saturated carbocycles. The lowest BCUT2D eigenvalue weighted by molar-refractivity contribution is 0.0299. The zero-order valence-corrected chi connectivity index (χ0v) is 14.3. The average Bonchev–Trinajstić information content (AvgIpc) is 2.47. The second kappa shape index (κ2) is 7.26. The highest BCUT2D eigenvalue weighted by Gasteiger charge is 2.40. The molecule has 118 valence electrons. The minimum Gasteiger partial charge on any atom is -0.312 e. The van der Waals surface area contributed by atoms with Crippen molar-refractivity contribution in [2.24, 2.45) is 11.8 Å². The average molecular weight is 280 g/mol. The molecule has 1 aliphatic heterocycles. The summed E-state index contributed by atoms with van der Waals surface area (Å²) in [5.41, 5.74) is 0.307. The molecule has 0 aromatic carbocycles. The first kappa shape index (κ1) is 16.3. The van der Waals surface area contributed by atoms with Crippen LogP contribution in [0, 0.1) is 11.8 Å². The molecule has 0 aromatic rings. The van der Waals surface area contributed by atoms with Crippen LogP contribution in [-0.2, 0) is 0 Å². The van der Waals surface area contributed by atoms with Crippen LogP contribution in [-0.4, -0.2) is 36.1 Å². The third-order valence-corrected chi connectivity index (χ3v) is 5.89. The van der Waals surface area contributed by atoms with E-state index in [4.69, 9.17) is 0 Å². The van der Waals surface area contributed by atoms with Gasteiger partial charge in [-0.15, -0.1) is 0 Å². The number of nitrogens with zero attached hydrogens (tertiary/aromatic N) is 1. The third kappa shape index (κ3) is 3.76. The second-order valence-corrected chi connectivity index (χ2v) is 7.76. The lowest BCUT2D eigenvalue weighted by Gasteiger charge is -2.50. The molecule has 1 heterocycles. The SMILES string of the molecule is CCNC(C1CCC(C)CC1)C(C)(C)N1CCCCC1. The first-order chi connectivity index (χ1) is 9.55. The Hall–Kier alpha value is -0.0800. The third-order valence-electron chi connectivity index (χ3n) is 5.89. The molecule has 1 aliphatic carbocycles. The van der Waals surface area contributed by atoms with Gasteiger partial charge in [0.25, 0.3) is 0 Å². The van der Waals surface area contributed by atoms with E-state index in [9.17, 15) is 0 Å². The monoisotopic (exact) mass is 280 g/mol. The molecule has 2 nitrogen and oxygen atoms in total. The van der Waals surface area contributed by atoms with Crippen LogP contribution in [0.5, 0.6) is 0 Å². The van der Waals surface area contributed by atoms with E-state index >= 15 is 0 Å². The Morgan fingerprint density at radius 1 is 1.05 bits per heavy atom. The number of piperidine rings is 1. The molecule has 2 fully saturated rings. The summed E-state index contributed by atoms with van der Waals surface area (Å²) < 4.78 is 0. The zero-order valence-electron chi connectivity index (χ0n) is 14.3. The number of nitrogens with one attached hydrogen (secondary N) is 1. The van der Waals surface area contributed by atoms with Gasteiger partial charge in [-0.3, -0.25) is 4.90 Å². The van der Waals surface area contributed by atoms with Crippen LogP contribution < -0.4 is 5.32 Å². The van der Waals surface area contributed by atoms with Gasteiger partial charge in [0, 0.05) is 11.6 Å². The van der Waals surface area contributed by atoms with Gasteiger partial charge in [-0.25, -0.2) is 0 Å². The highest BCUT2D eigenvalue weighted by atomic mass is 15.2. The maximum Gasteiger partial charge on any atom is 0.0308 e. The number of hydrogen-bond acceptors (Lipinski definition) is 2. The van der Waals surface area contributed by atoms with E-state index in [0.29, 0.717) is 11.6 Å². The second-order valence-electron chi connectivity index (χ2n) is 7.76. The van der Waals surface area contributed by atoms with Gasteiger partial charge >= 0.3 is 0 Å². The van der Waals surface area contributed by atoms with Crippen LogP contribution in [0.3, 0.4) is 0 Å². The van der Waals surface area contributed by atoms with Crippen LogP contribution in [0.4, 0.5) is 0 Å². The Kier molecular flexibility index (Phi) is 5.92. The fourth-order valence-corrected chi connectivity index (χ4v) is 4.50. The highest BCUT2D eigenvalue weighted by Crippen LogP contribution is 2.36.